The predicted octanol–water partition coefficient (Wildman–Crippen LogP) is 6.54. The molecule has 0 aromatic heterocycles. The van der Waals surface area contributed by atoms with Gasteiger partial charge < -0.3 is 8.54 Å². The van der Waals surface area contributed by atoms with Gasteiger partial charge in [0.15, 0.2) is 8.32 Å². The minimum atomic E-state index is -1.75. The van der Waals surface area contributed by atoms with Crippen LogP contribution in [0.5, 0.6) is 0 Å². The molecule has 0 atom stereocenters. The molecule has 1 fully saturated rings. The van der Waals surface area contributed by atoms with Crippen molar-refractivity contribution in [3.63, 3.8) is 0 Å². The maximum Gasteiger partial charge on any atom is 0.321 e. The van der Waals surface area contributed by atoms with E-state index >= 15 is 0 Å². The zero-order valence-corrected chi connectivity index (χ0v) is 10.6. The molecule has 0 N–H and O–H groups in total. The molecule has 0 unspecified atom stereocenters. The van der Waals surface area contributed by atoms with Crippen molar-refractivity contribution in [2.75, 3.05) is 6.61 Å². The Kier molecular flexibility index (Phi) is 27.7. The molecule has 0 aromatic carbocycles. The van der Waals surface area contributed by atoms with Crippen LogP contribution in [-0.4, -0.2) is 23.5 Å². The third-order valence-corrected chi connectivity index (χ3v) is 8.78. The molecule has 0 spiro atoms. The molecule has 0 amide bonds. The summed E-state index contributed by atoms with van der Waals surface area (Å²) in [6.45, 7) is 9.83. The Morgan fingerprint density at radius 1 is 0.722 bits per heavy atom. The van der Waals surface area contributed by atoms with E-state index in [1.54, 1.807) is 0 Å². The van der Waals surface area contributed by atoms with E-state index in [0.717, 1.165) is 6.61 Å². The average molecular weight is 301 g/mol. The standard InChI is InChI=1S/C8H20O2Si2.6CH4/c1-11(2)8-6-5-7-9-12(3,4)10-11;;;;;;/h5-8H2,1-4H3;6*1H4. The maximum atomic E-state index is 6.12. The van der Waals surface area contributed by atoms with Crippen molar-refractivity contribution in [1.82, 2.24) is 0 Å². The van der Waals surface area contributed by atoms with Crippen LogP contribution in [0.15, 0.2) is 0 Å². The monoisotopic (exact) mass is 300 g/mol. The molecule has 1 aliphatic rings. The number of rotatable bonds is 0. The molecule has 120 valence electrons. The van der Waals surface area contributed by atoms with E-state index in [1.807, 2.05) is 0 Å². The molecule has 1 aliphatic heterocycles. The fourth-order valence-electron chi connectivity index (χ4n) is 1.72. The molecule has 18 heavy (non-hydrogen) atoms. The molecule has 1 rings (SSSR count). The van der Waals surface area contributed by atoms with E-state index in [0.29, 0.717) is 0 Å². The SMILES string of the molecule is C.C.C.C.C.C.C[Si]1(C)CCCCO[Si](C)(C)O1. The van der Waals surface area contributed by atoms with Gasteiger partial charge in [-0.3, -0.25) is 0 Å². The molecule has 1 saturated heterocycles. The van der Waals surface area contributed by atoms with Crippen molar-refractivity contribution >= 4 is 16.9 Å². The lowest BCUT2D eigenvalue weighted by atomic mass is 10.4. The van der Waals surface area contributed by atoms with Crippen LogP contribution in [0, 0.1) is 0 Å². The molecule has 2 nitrogen and oxygen atoms in total. The van der Waals surface area contributed by atoms with E-state index < -0.39 is 16.9 Å². The lowest BCUT2D eigenvalue weighted by molar-refractivity contribution is 0.231. The Labute approximate surface area is 122 Å². The maximum absolute atomic E-state index is 6.12. The van der Waals surface area contributed by atoms with Crippen LogP contribution < -0.4 is 0 Å². The molecule has 0 saturated carbocycles. The van der Waals surface area contributed by atoms with Gasteiger partial charge in [-0.25, -0.2) is 0 Å². The third-order valence-electron chi connectivity index (χ3n) is 2.14. The fraction of sp³-hybridized carbons (Fsp3) is 1.00. The quantitative estimate of drug-likeness (QED) is 0.473. The Morgan fingerprint density at radius 3 is 1.61 bits per heavy atom. The van der Waals surface area contributed by atoms with Gasteiger partial charge in [0.1, 0.15) is 0 Å². The summed E-state index contributed by atoms with van der Waals surface area (Å²) in [4.78, 5) is 0. The van der Waals surface area contributed by atoms with Gasteiger partial charge in [0, 0.05) is 6.61 Å². The van der Waals surface area contributed by atoms with Crippen LogP contribution in [0.1, 0.15) is 57.4 Å². The van der Waals surface area contributed by atoms with Crippen molar-refractivity contribution in [3.8, 4) is 0 Å². The average Bonchev–Trinajstić information content (AvgIpc) is 1.80. The predicted molar refractivity (Wildman–Crippen MR) is 96.4 cm³/mol. The Balaban J connectivity index is -0.0000000600. The first kappa shape index (κ1) is 36.2. The van der Waals surface area contributed by atoms with Gasteiger partial charge in [-0.2, -0.15) is 0 Å². The first-order chi connectivity index (χ1) is 5.41. The van der Waals surface area contributed by atoms with E-state index in [2.05, 4.69) is 26.2 Å². The van der Waals surface area contributed by atoms with Gasteiger partial charge in [-0.1, -0.05) is 51.0 Å². The van der Waals surface area contributed by atoms with Crippen molar-refractivity contribution in [2.24, 2.45) is 0 Å². The molecule has 1 heterocycles. The second-order valence-electron chi connectivity index (χ2n) is 4.57. The minimum absolute atomic E-state index is 0. The summed E-state index contributed by atoms with van der Waals surface area (Å²) in [6.07, 6.45) is 2.50. The Morgan fingerprint density at radius 2 is 1.17 bits per heavy atom. The molecule has 0 bridgehead atoms. The van der Waals surface area contributed by atoms with Crippen LogP contribution in [0.2, 0.25) is 32.2 Å². The summed E-state index contributed by atoms with van der Waals surface area (Å²) in [7, 11) is -3.12. The largest absolute Gasteiger partial charge is 0.436 e. The van der Waals surface area contributed by atoms with Gasteiger partial charge in [0.25, 0.3) is 0 Å². The van der Waals surface area contributed by atoms with Gasteiger partial charge in [-0.05, 0) is 38.7 Å². The first-order valence-corrected chi connectivity index (χ1v) is 10.7. The summed E-state index contributed by atoms with van der Waals surface area (Å²) >= 11 is 0. The van der Waals surface area contributed by atoms with Crippen molar-refractivity contribution in [3.05, 3.63) is 0 Å². The fourth-order valence-corrected chi connectivity index (χ4v) is 9.42. The van der Waals surface area contributed by atoms with Crippen LogP contribution >= 0.6 is 0 Å². The van der Waals surface area contributed by atoms with Gasteiger partial charge >= 0.3 is 8.56 Å². The van der Waals surface area contributed by atoms with Crippen LogP contribution in [0.25, 0.3) is 0 Å². The molecular formula is C14H44O2Si2. The summed E-state index contributed by atoms with van der Waals surface area (Å²) in [5, 5.41) is 0. The van der Waals surface area contributed by atoms with E-state index in [9.17, 15) is 0 Å². The molecule has 0 radical (unpaired) electrons. The highest BCUT2D eigenvalue weighted by Gasteiger charge is 2.35. The van der Waals surface area contributed by atoms with E-state index in [-0.39, 0.29) is 44.6 Å². The number of hydrogen-bond acceptors (Lipinski definition) is 2. The second-order valence-corrected chi connectivity index (χ2v) is 12.5. The highest BCUT2D eigenvalue weighted by molar-refractivity contribution is 6.82. The van der Waals surface area contributed by atoms with Crippen LogP contribution in [-0.2, 0) is 8.54 Å². The van der Waals surface area contributed by atoms with Crippen LogP contribution in [0.4, 0.5) is 0 Å². The summed E-state index contributed by atoms with van der Waals surface area (Å²) in [5.74, 6) is 0. The summed E-state index contributed by atoms with van der Waals surface area (Å²) in [6, 6.07) is 1.30. The number of hydrogen-bond donors (Lipinski definition) is 0. The Hall–Kier alpha value is 0.354. The molecule has 0 aliphatic carbocycles. The Bertz CT molecular complexity index is 144. The molecule has 0 aromatic rings. The zero-order valence-electron chi connectivity index (χ0n) is 8.64. The summed E-state index contributed by atoms with van der Waals surface area (Å²) < 4.78 is 11.9. The van der Waals surface area contributed by atoms with E-state index in [1.165, 1.54) is 18.9 Å². The van der Waals surface area contributed by atoms with E-state index in [4.69, 9.17) is 8.54 Å². The third kappa shape index (κ3) is 14.4. The topological polar surface area (TPSA) is 18.5 Å². The highest BCUT2D eigenvalue weighted by Crippen LogP contribution is 2.24. The first-order valence-electron chi connectivity index (χ1n) is 4.75. The zero-order chi connectivity index (χ0) is 9.24. The van der Waals surface area contributed by atoms with Crippen LogP contribution in [0.3, 0.4) is 0 Å². The lowest BCUT2D eigenvalue weighted by Crippen LogP contribution is -2.47. The molecular weight excluding hydrogens is 256 g/mol. The second kappa shape index (κ2) is 13.8. The highest BCUT2D eigenvalue weighted by atomic mass is 28.4. The summed E-state index contributed by atoms with van der Waals surface area (Å²) in [5.41, 5.74) is 0. The van der Waals surface area contributed by atoms with Crippen molar-refractivity contribution in [2.45, 2.75) is 89.6 Å². The van der Waals surface area contributed by atoms with Crippen molar-refractivity contribution < 1.29 is 8.54 Å². The normalized spacial score (nSPS) is 19.3. The van der Waals surface area contributed by atoms with Crippen molar-refractivity contribution in [1.29, 1.82) is 0 Å². The molecule has 4 heteroatoms. The minimum Gasteiger partial charge on any atom is -0.436 e. The van der Waals surface area contributed by atoms with Gasteiger partial charge in [0.2, 0.25) is 0 Å². The smallest absolute Gasteiger partial charge is 0.321 e. The van der Waals surface area contributed by atoms with Gasteiger partial charge in [0.05, 0.1) is 0 Å². The van der Waals surface area contributed by atoms with Gasteiger partial charge in [-0.15, -0.1) is 0 Å². The lowest BCUT2D eigenvalue weighted by Gasteiger charge is -2.35.